The summed E-state index contributed by atoms with van der Waals surface area (Å²) in [6.07, 6.45) is -5.09. The number of carboxylic acid groups (broad SMARTS) is 2. The van der Waals surface area contributed by atoms with Gasteiger partial charge in [-0.25, -0.2) is 9.59 Å². The lowest BCUT2D eigenvalue weighted by molar-refractivity contribution is -0.146. The number of para-hydroxylation sites is 3. The van der Waals surface area contributed by atoms with Gasteiger partial charge in [0, 0.05) is 19.4 Å². The second-order valence-electron chi connectivity index (χ2n) is 15.4. The van der Waals surface area contributed by atoms with E-state index in [1.807, 2.05) is 63.2 Å². The molecule has 0 radical (unpaired) electrons. The van der Waals surface area contributed by atoms with E-state index in [1.54, 1.807) is 9.80 Å². The fraction of sp³-hybridized carbons (Fsp3) is 0.383. The second kappa shape index (κ2) is 29.8. The average molecular weight is 1130 g/mol. The molecule has 1 aliphatic rings. The van der Waals surface area contributed by atoms with Crippen LogP contribution in [-0.4, -0.2) is 107 Å². The van der Waals surface area contributed by atoms with Gasteiger partial charge in [0.2, 0.25) is 5.91 Å². The Labute approximate surface area is 439 Å². The topological polar surface area (TPSA) is 233 Å². The first-order valence-corrected chi connectivity index (χ1v) is 25.9. The van der Waals surface area contributed by atoms with Gasteiger partial charge in [-0.05, 0) is 100 Å². The summed E-state index contributed by atoms with van der Waals surface area (Å²) >= 11 is 28.6. The van der Waals surface area contributed by atoms with Crippen LogP contribution in [0.1, 0.15) is 61.2 Å². The highest BCUT2D eigenvalue weighted by molar-refractivity contribution is 7.57. The van der Waals surface area contributed by atoms with Gasteiger partial charge in [0.25, 0.3) is 5.91 Å². The fourth-order valence-corrected chi connectivity index (χ4v) is 7.56. The number of nitrogens with two attached hydrogens (primary N) is 1. The normalized spacial score (nSPS) is 14.4. The Hall–Kier alpha value is -4.82. The number of aliphatic carboxylic acids is 2. The molecule has 0 bridgehead atoms. The van der Waals surface area contributed by atoms with Crippen LogP contribution in [0, 0.1) is 6.92 Å². The van der Waals surface area contributed by atoms with Crippen LogP contribution < -0.4 is 25.0 Å². The number of carbonyl (C=O) groups is 5. The number of hydrogen-bond donors (Lipinski definition) is 4. The van der Waals surface area contributed by atoms with Crippen molar-refractivity contribution >= 4 is 106 Å². The number of carboxylic acids is 2. The smallest absolute Gasteiger partial charge is 0.416 e. The number of amides is 2. The van der Waals surface area contributed by atoms with Gasteiger partial charge in [0.05, 0.1) is 38.6 Å². The standard InChI is InChI=1S/C17H11Cl2F3O5.C14H20ClNO2.C11H11Cl2NO2.C5H12NO4P/c1-8(15(23)24)26-16(25)11-7-10(3-4-12(11)18)27-14-5-2-9(6-13(14)19)17(20,21)22;1-4-12-8-6-7-11(3)14(12)16(10-18-5-2)13(17)9-15;1-7-6-16-9-5-3-2-4-8(9)14(7)11(15)10(12)13;1-11(9,10)3-2-4(6)5(7)8/h2-8H,1H3,(H,23,24);6-8H,4-5,9-10H2,1-3H3;2-5,7,10H,6H2,1H3;4H,2-3,6H2,1H3,(H,7,8)(H,9,10)/t8-;;;/m0.../s1. The summed E-state index contributed by atoms with van der Waals surface area (Å²) in [5, 5.41) is 16.7. The Kier molecular flexibility index (Phi) is 26.2. The van der Waals surface area contributed by atoms with Crippen molar-refractivity contribution in [1.82, 2.24) is 0 Å². The van der Waals surface area contributed by atoms with Crippen molar-refractivity contribution in [2.24, 2.45) is 5.73 Å². The highest BCUT2D eigenvalue weighted by atomic mass is 35.5. The number of alkyl halides is 6. The van der Waals surface area contributed by atoms with Crippen molar-refractivity contribution < 1.29 is 75.8 Å². The van der Waals surface area contributed by atoms with Crippen LogP contribution in [0.5, 0.6) is 17.2 Å². The third kappa shape index (κ3) is 20.2. The number of fused-ring (bicyclic) bond motifs is 1. The molecule has 2 amide bonds. The number of rotatable bonds is 16. The van der Waals surface area contributed by atoms with Crippen molar-refractivity contribution in [2.75, 3.05) is 48.5 Å². The van der Waals surface area contributed by atoms with E-state index in [0.29, 0.717) is 25.0 Å². The van der Waals surface area contributed by atoms with Crippen LogP contribution in [0.25, 0.3) is 0 Å². The summed E-state index contributed by atoms with van der Waals surface area (Å²) in [7, 11) is -3.10. The minimum Gasteiger partial charge on any atom is -0.489 e. The minimum absolute atomic E-state index is 0.0246. The number of carbonyl (C=O) groups excluding carboxylic acids is 3. The summed E-state index contributed by atoms with van der Waals surface area (Å²) in [4.78, 5) is 67.7. The second-order valence-corrected chi connectivity index (χ2v) is 20.2. The summed E-state index contributed by atoms with van der Waals surface area (Å²) in [5.41, 5.74) is 7.82. The van der Waals surface area contributed by atoms with Gasteiger partial charge in [0.15, 0.2) is 18.3 Å². The molecular weight excluding hydrogens is 1080 g/mol. The van der Waals surface area contributed by atoms with E-state index in [2.05, 4.69) is 6.92 Å². The Balaban J connectivity index is 0.000000346. The molecule has 0 spiro atoms. The van der Waals surface area contributed by atoms with Crippen LogP contribution in [0.4, 0.5) is 24.5 Å². The van der Waals surface area contributed by atoms with E-state index in [-0.39, 0.29) is 70.2 Å². The van der Waals surface area contributed by atoms with Gasteiger partial charge in [-0.3, -0.25) is 23.8 Å². The summed E-state index contributed by atoms with van der Waals surface area (Å²) in [5.74, 6) is -3.32. The molecule has 1 heterocycles. The van der Waals surface area contributed by atoms with Crippen LogP contribution in [0.15, 0.2) is 78.9 Å². The number of esters is 1. The van der Waals surface area contributed by atoms with Crippen LogP contribution in [0.2, 0.25) is 10.0 Å². The number of halogens is 8. The molecule has 396 valence electrons. The van der Waals surface area contributed by atoms with Gasteiger partial charge in [-0.15, -0.1) is 11.6 Å². The Morgan fingerprint density at radius 2 is 1.61 bits per heavy atom. The first kappa shape index (κ1) is 63.3. The molecule has 16 nitrogen and oxygen atoms in total. The van der Waals surface area contributed by atoms with Gasteiger partial charge in [0.1, 0.15) is 42.5 Å². The average Bonchev–Trinajstić information content (AvgIpc) is 3.31. The van der Waals surface area contributed by atoms with Crippen LogP contribution >= 0.6 is 65.4 Å². The molecule has 4 atom stereocenters. The lowest BCUT2D eigenvalue weighted by atomic mass is 10.0. The maximum Gasteiger partial charge on any atom is 0.416 e. The van der Waals surface area contributed by atoms with Crippen LogP contribution in [-0.2, 0) is 45.8 Å². The maximum atomic E-state index is 12.7. The number of hydrogen-bond acceptors (Lipinski definition) is 11. The number of aryl methyl sites for hydroxylation is 2. The number of benzene rings is 4. The molecule has 0 fully saturated rings. The van der Waals surface area contributed by atoms with E-state index >= 15 is 0 Å². The molecule has 0 aliphatic carbocycles. The molecule has 72 heavy (non-hydrogen) atoms. The van der Waals surface area contributed by atoms with E-state index in [9.17, 15) is 41.7 Å². The van der Waals surface area contributed by atoms with Gasteiger partial charge >= 0.3 is 24.1 Å². The van der Waals surface area contributed by atoms with Crippen molar-refractivity contribution in [2.45, 2.75) is 76.7 Å². The maximum absolute atomic E-state index is 12.7. The van der Waals surface area contributed by atoms with E-state index in [0.717, 1.165) is 54.0 Å². The number of ether oxygens (including phenoxy) is 4. The first-order valence-electron chi connectivity index (χ1n) is 21.5. The van der Waals surface area contributed by atoms with Crippen molar-refractivity contribution in [1.29, 1.82) is 0 Å². The SMILES string of the molecule is CC1COc2ccccc2N1C(=O)C(Cl)Cl.CCOCN(C(=O)CCl)c1c(C)cccc1CC.CP(=O)(O)CCC(N)C(=O)O.C[C@H](OC(=O)c1cc(Oc2ccc(C(F)(F)F)cc2Cl)ccc1Cl)C(=O)O. The Morgan fingerprint density at radius 3 is 2.15 bits per heavy atom. The summed E-state index contributed by atoms with van der Waals surface area (Å²) < 4.78 is 69.7. The third-order valence-electron chi connectivity index (χ3n) is 9.73. The zero-order chi connectivity index (χ0) is 54.7. The molecule has 5 N–H and O–H groups in total. The number of anilines is 2. The van der Waals surface area contributed by atoms with Crippen LogP contribution in [0.3, 0.4) is 0 Å². The number of nitrogens with zero attached hydrogens (tertiary/aromatic N) is 2. The first-order chi connectivity index (χ1) is 33.6. The quantitative estimate of drug-likeness (QED) is 0.0354. The molecular formula is C47H54Cl5F3N3O13P. The summed E-state index contributed by atoms with van der Waals surface area (Å²) in [6.45, 7) is 11.5. The molecule has 5 rings (SSSR count). The molecule has 4 aromatic rings. The fourth-order valence-electron chi connectivity index (χ4n) is 6.04. The summed E-state index contributed by atoms with van der Waals surface area (Å²) in [6, 6.07) is 18.6. The lowest BCUT2D eigenvalue weighted by Gasteiger charge is -2.35. The predicted molar refractivity (Wildman–Crippen MR) is 271 cm³/mol. The van der Waals surface area contributed by atoms with Crippen molar-refractivity contribution in [3.63, 3.8) is 0 Å². The minimum atomic E-state index is -4.56. The zero-order valence-electron chi connectivity index (χ0n) is 39.6. The van der Waals surface area contributed by atoms with E-state index in [4.69, 9.17) is 97.8 Å². The highest BCUT2D eigenvalue weighted by Crippen LogP contribution is 2.38. The molecule has 0 saturated heterocycles. The van der Waals surface area contributed by atoms with Gasteiger partial charge < -0.3 is 44.7 Å². The highest BCUT2D eigenvalue weighted by Gasteiger charge is 2.33. The van der Waals surface area contributed by atoms with Gasteiger partial charge in [-0.2, -0.15) is 13.2 Å². The Morgan fingerprint density at radius 1 is 0.958 bits per heavy atom. The largest absolute Gasteiger partial charge is 0.489 e. The molecule has 0 aromatic heterocycles. The van der Waals surface area contributed by atoms with E-state index in [1.165, 1.54) is 18.8 Å². The molecule has 25 heteroatoms. The third-order valence-corrected chi connectivity index (χ3v) is 12.0. The molecule has 4 aromatic carbocycles. The van der Waals surface area contributed by atoms with Crippen molar-refractivity contribution in [3.05, 3.63) is 111 Å². The lowest BCUT2D eigenvalue weighted by Crippen LogP contribution is -2.47. The van der Waals surface area contributed by atoms with E-state index < -0.39 is 54.0 Å². The van der Waals surface area contributed by atoms with Gasteiger partial charge in [-0.1, -0.05) is 83.7 Å². The molecule has 3 unspecified atom stereocenters. The predicted octanol–water partition coefficient (Wildman–Crippen LogP) is 10.9. The van der Waals surface area contributed by atoms with Crippen molar-refractivity contribution in [3.8, 4) is 17.2 Å². The monoisotopic (exact) mass is 1130 g/mol. The molecule has 1 aliphatic heterocycles. The Bertz CT molecular complexity index is 2540. The molecule has 0 saturated carbocycles. The zero-order valence-corrected chi connectivity index (χ0v) is 44.3.